The van der Waals surface area contributed by atoms with Crippen molar-refractivity contribution in [3.05, 3.63) is 42.4 Å². The minimum Gasteiger partial charge on any atom is -0.246 e. The molecule has 0 aromatic carbocycles. The van der Waals surface area contributed by atoms with E-state index in [0.717, 1.165) is 31.6 Å². The number of hydrogen-bond donors (Lipinski definition) is 0. The van der Waals surface area contributed by atoms with Crippen LogP contribution >= 0.6 is 49.9 Å². The second kappa shape index (κ2) is 5.21. The highest BCUT2D eigenvalue weighted by Crippen LogP contribution is 2.32. The summed E-state index contributed by atoms with van der Waals surface area (Å²) >= 11 is 8.58. The second-order valence-corrected chi connectivity index (χ2v) is 8.23. The maximum Gasteiger partial charge on any atom is 0.0993 e. The largest absolute Gasteiger partial charge is 0.246 e. The molecular weight excluding hydrogens is 348 g/mol. The van der Waals surface area contributed by atoms with E-state index in [0.29, 0.717) is 0 Å². The highest BCUT2D eigenvalue weighted by Gasteiger charge is 2.08. The van der Waals surface area contributed by atoms with Crippen LogP contribution in [-0.2, 0) is 6.42 Å². The quantitative estimate of drug-likeness (QED) is 0.660. The number of aryl methyl sites for hydroxylation is 1. The average molecular weight is 357 g/mol. The van der Waals surface area contributed by atoms with Crippen LogP contribution in [0.2, 0.25) is 0 Å². The molecule has 18 heavy (non-hydrogen) atoms. The first-order chi connectivity index (χ1) is 8.70. The third kappa shape index (κ3) is 2.71. The fraction of sp³-hybridized carbons (Fsp3) is 0.167. The molecule has 92 valence electrons. The van der Waals surface area contributed by atoms with Gasteiger partial charge in [-0.25, -0.2) is 9.97 Å². The van der Waals surface area contributed by atoms with Crippen LogP contribution in [0.5, 0.6) is 0 Å². The Hall–Kier alpha value is -0.560. The van der Waals surface area contributed by atoms with E-state index in [1.807, 2.05) is 6.92 Å². The molecule has 0 saturated heterocycles. The van der Waals surface area contributed by atoms with Crippen molar-refractivity contribution in [1.29, 1.82) is 0 Å². The number of thiazole rings is 2. The first-order valence-corrected chi connectivity index (χ1v) is 8.69. The lowest BCUT2D eigenvalue weighted by molar-refractivity contribution is 1.06. The lowest BCUT2D eigenvalue weighted by Gasteiger charge is -1.91. The Bertz CT molecular complexity index is 668. The Morgan fingerprint density at radius 3 is 2.72 bits per heavy atom. The van der Waals surface area contributed by atoms with Gasteiger partial charge in [0.15, 0.2) is 0 Å². The summed E-state index contributed by atoms with van der Waals surface area (Å²) in [6.45, 7) is 2.03. The van der Waals surface area contributed by atoms with Gasteiger partial charge in [0.2, 0.25) is 0 Å². The summed E-state index contributed by atoms with van der Waals surface area (Å²) in [6, 6.07) is 4.16. The molecule has 0 unspecified atom stereocenters. The molecule has 6 heteroatoms. The van der Waals surface area contributed by atoms with E-state index >= 15 is 0 Å². The summed E-state index contributed by atoms with van der Waals surface area (Å²) in [6.07, 6.45) is 0.835. The van der Waals surface area contributed by atoms with Crippen LogP contribution in [0.15, 0.2) is 26.7 Å². The van der Waals surface area contributed by atoms with E-state index in [1.165, 1.54) is 4.88 Å². The van der Waals surface area contributed by atoms with Crippen molar-refractivity contribution in [2.75, 3.05) is 0 Å². The van der Waals surface area contributed by atoms with Gasteiger partial charge in [0.05, 0.1) is 30.1 Å². The molecule has 0 saturated carbocycles. The van der Waals surface area contributed by atoms with Gasteiger partial charge in [-0.2, -0.15) is 0 Å². The summed E-state index contributed by atoms with van der Waals surface area (Å²) in [5.41, 5.74) is 2.18. The molecule has 3 aromatic rings. The van der Waals surface area contributed by atoms with Crippen LogP contribution in [0.4, 0.5) is 0 Å². The van der Waals surface area contributed by atoms with E-state index in [1.54, 1.807) is 34.0 Å². The Morgan fingerprint density at radius 2 is 2.06 bits per heavy atom. The summed E-state index contributed by atoms with van der Waals surface area (Å²) in [5.74, 6) is 0. The van der Waals surface area contributed by atoms with Crippen LogP contribution in [0.25, 0.3) is 10.6 Å². The molecule has 0 bridgehead atoms. The molecule has 0 fully saturated rings. The van der Waals surface area contributed by atoms with Gasteiger partial charge in [0, 0.05) is 17.2 Å². The third-order valence-corrected chi connectivity index (χ3v) is 5.69. The van der Waals surface area contributed by atoms with Crippen molar-refractivity contribution in [1.82, 2.24) is 9.97 Å². The molecule has 0 radical (unpaired) electrons. The average Bonchev–Trinajstić information content (AvgIpc) is 3.01. The SMILES string of the molecule is Cc1nc(Cc2nc(-c3ccc(Br)s3)cs2)cs1. The minimum atomic E-state index is 0.835. The molecule has 3 heterocycles. The summed E-state index contributed by atoms with van der Waals surface area (Å²) in [7, 11) is 0. The fourth-order valence-corrected chi connectivity index (χ4v) is 4.45. The van der Waals surface area contributed by atoms with Gasteiger partial charge in [0.1, 0.15) is 0 Å². The van der Waals surface area contributed by atoms with Gasteiger partial charge in [-0.1, -0.05) is 0 Å². The first-order valence-electron chi connectivity index (χ1n) is 5.32. The Labute approximate surface area is 126 Å². The van der Waals surface area contributed by atoms with Gasteiger partial charge >= 0.3 is 0 Å². The molecule has 0 amide bonds. The first kappa shape index (κ1) is 12.5. The van der Waals surface area contributed by atoms with Crippen molar-refractivity contribution >= 4 is 49.9 Å². The van der Waals surface area contributed by atoms with E-state index in [-0.39, 0.29) is 0 Å². The second-order valence-electron chi connectivity index (χ2n) is 3.76. The van der Waals surface area contributed by atoms with Crippen LogP contribution in [0, 0.1) is 6.92 Å². The normalized spacial score (nSPS) is 11.0. The molecule has 2 nitrogen and oxygen atoms in total. The van der Waals surface area contributed by atoms with Gasteiger partial charge in [-0.05, 0) is 35.0 Å². The monoisotopic (exact) mass is 356 g/mol. The van der Waals surface area contributed by atoms with Crippen molar-refractivity contribution < 1.29 is 0 Å². The molecule has 0 N–H and O–H groups in total. The van der Waals surface area contributed by atoms with E-state index < -0.39 is 0 Å². The molecule has 0 atom stereocenters. The van der Waals surface area contributed by atoms with Crippen molar-refractivity contribution in [3.8, 4) is 10.6 Å². The summed E-state index contributed by atoms with van der Waals surface area (Å²) in [5, 5.41) is 6.47. The van der Waals surface area contributed by atoms with E-state index in [4.69, 9.17) is 0 Å². The van der Waals surface area contributed by atoms with Crippen LogP contribution in [0.1, 0.15) is 15.7 Å². The highest BCUT2D eigenvalue weighted by atomic mass is 79.9. The van der Waals surface area contributed by atoms with Gasteiger partial charge in [-0.15, -0.1) is 34.0 Å². The number of rotatable bonds is 3. The molecular formula is C12H9BrN2S3. The zero-order chi connectivity index (χ0) is 12.5. The predicted octanol–water partition coefficient (Wildman–Crippen LogP) is 4.99. The number of thiophene rings is 1. The van der Waals surface area contributed by atoms with Crippen molar-refractivity contribution in [3.63, 3.8) is 0 Å². The Morgan fingerprint density at radius 1 is 1.17 bits per heavy atom. The van der Waals surface area contributed by atoms with Gasteiger partial charge < -0.3 is 0 Å². The van der Waals surface area contributed by atoms with E-state index in [9.17, 15) is 0 Å². The zero-order valence-electron chi connectivity index (χ0n) is 9.51. The smallest absolute Gasteiger partial charge is 0.0993 e. The van der Waals surface area contributed by atoms with E-state index in [2.05, 4.69) is 48.8 Å². The molecule has 0 aliphatic rings. The Kier molecular flexibility index (Phi) is 3.61. The molecule has 3 rings (SSSR count). The van der Waals surface area contributed by atoms with Crippen LogP contribution in [0.3, 0.4) is 0 Å². The van der Waals surface area contributed by atoms with Gasteiger partial charge in [0.25, 0.3) is 0 Å². The zero-order valence-corrected chi connectivity index (χ0v) is 13.5. The molecule has 0 aliphatic heterocycles. The van der Waals surface area contributed by atoms with Crippen molar-refractivity contribution in [2.24, 2.45) is 0 Å². The number of hydrogen-bond acceptors (Lipinski definition) is 5. The van der Waals surface area contributed by atoms with Crippen LogP contribution in [-0.4, -0.2) is 9.97 Å². The standard InChI is InChI=1S/C12H9BrN2S3/c1-7-14-8(5-16-7)4-12-15-9(6-17-12)10-2-3-11(13)18-10/h2-3,5-6H,4H2,1H3. The summed E-state index contributed by atoms with van der Waals surface area (Å²) in [4.78, 5) is 10.4. The number of nitrogens with zero attached hydrogens (tertiary/aromatic N) is 2. The summed E-state index contributed by atoms with van der Waals surface area (Å²) < 4.78 is 1.14. The Balaban J connectivity index is 1.81. The van der Waals surface area contributed by atoms with Crippen molar-refractivity contribution in [2.45, 2.75) is 13.3 Å². The maximum absolute atomic E-state index is 4.67. The van der Waals surface area contributed by atoms with Crippen LogP contribution < -0.4 is 0 Å². The van der Waals surface area contributed by atoms with Gasteiger partial charge in [-0.3, -0.25) is 0 Å². The lowest BCUT2D eigenvalue weighted by atomic mass is 10.3. The fourth-order valence-electron chi connectivity index (χ4n) is 1.60. The third-order valence-electron chi connectivity index (χ3n) is 2.38. The maximum atomic E-state index is 4.67. The molecule has 0 spiro atoms. The molecule has 0 aliphatic carbocycles. The minimum absolute atomic E-state index is 0.835. The molecule has 3 aromatic heterocycles. The predicted molar refractivity (Wildman–Crippen MR) is 82.8 cm³/mol. The lowest BCUT2D eigenvalue weighted by Crippen LogP contribution is -1.87. The topological polar surface area (TPSA) is 25.8 Å². The number of aromatic nitrogens is 2. The number of halogens is 1. The highest BCUT2D eigenvalue weighted by molar-refractivity contribution is 9.11.